The number of nitrogen functional groups attached to an aromatic ring is 1. The number of hydrogen-bond donors (Lipinski definition) is 3. The Labute approximate surface area is 256 Å². The summed E-state index contributed by atoms with van der Waals surface area (Å²) >= 11 is 0. The van der Waals surface area contributed by atoms with Crippen molar-refractivity contribution in [3.05, 3.63) is 112 Å². The average Bonchev–Trinajstić information content (AvgIpc) is 3.57. The lowest BCUT2D eigenvalue weighted by atomic mass is 10.0. The summed E-state index contributed by atoms with van der Waals surface area (Å²) in [5, 5.41) is 11.6. The van der Waals surface area contributed by atoms with E-state index in [4.69, 9.17) is 16.5 Å². The summed E-state index contributed by atoms with van der Waals surface area (Å²) in [6, 6.07) is 15.1. The molecule has 2 atom stereocenters. The van der Waals surface area contributed by atoms with E-state index in [0.717, 1.165) is 0 Å². The van der Waals surface area contributed by atoms with Crippen molar-refractivity contribution in [2.45, 2.75) is 25.8 Å². The summed E-state index contributed by atoms with van der Waals surface area (Å²) in [5.41, 5.74) is 14.1. The molecule has 0 aliphatic carbocycles. The van der Waals surface area contributed by atoms with Crippen LogP contribution in [0.4, 0.5) is 5.82 Å². The molecule has 6 aromatic rings. The van der Waals surface area contributed by atoms with E-state index in [1.54, 1.807) is 92.7 Å². The Kier molecular flexibility index (Phi) is 7.31. The van der Waals surface area contributed by atoms with Crippen LogP contribution < -0.4 is 22.3 Å². The molecule has 0 saturated carbocycles. The van der Waals surface area contributed by atoms with Gasteiger partial charge in [0.25, 0.3) is 11.5 Å². The zero-order valence-corrected chi connectivity index (χ0v) is 24.6. The van der Waals surface area contributed by atoms with E-state index in [1.165, 1.54) is 9.08 Å². The van der Waals surface area contributed by atoms with Gasteiger partial charge in [-0.05, 0) is 44.2 Å². The molecular formula is C32H28N10O3. The maximum Gasteiger partial charge on any atom is 0.267 e. The topological polar surface area (TPSA) is 181 Å². The second kappa shape index (κ2) is 11.4. The number of nitrogens with two attached hydrogens (primary N) is 2. The van der Waals surface area contributed by atoms with Crippen molar-refractivity contribution in [2.24, 2.45) is 12.8 Å². The van der Waals surface area contributed by atoms with Crippen molar-refractivity contribution >= 4 is 34.2 Å². The van der Waals surface area contributed by atoms with Crippen molar-refractivity contribution in [3.63, 3.8) is 0 Å². The van der Waals surface area contributed by atoms with Crippen LogP contribution in [0, 0.1) is 11.8 Å². The number of carbonyl (C=O) groups excluding carboxylic acids is 2. The van der Waals surface area contributed by atoms with Crippen LogP contribution in [0.15, 0.2) is 78.0 Å². The Bertz CT molecular complexity index is 2240. The fraction of sp³-hybridized carbons (Fsp3) is 0.156. The molecule has 0 aliphatic rings. The third-order valence-electron chi connectivity index (χ3n) is 7.48. The summed E-state index contributed by atoms with van der Waals surface area (Å²) in [6.07, 6.45) is 4.75. The molecule has 0 spiro atoms. The molecule has 13 heteroatoms. The molecule has 1 unspecified atom stereocenters. The van der Waals surface area contributed by atoms with Crippen LogP contribution in [-0.4, -0.2) is 45.7 Å². The van der Waals surface area contributed by atoms with Gasteiger partial charge < -0.3 is 16.8 Å². The summed E-state index contributed by atoms with van der Waals surface area (Å²) in [4.78, 5) is 48.8. The second-order valence-electron chi connectivity index (χ2n) is 10.4. The number of amides is 2. The van der Waals surface area contributed by atoms with Gasteiger partial charge in [-0.3, -0.25) is 23.6 Å². The van der Waals surface area contributed by atoms with Gasteiger partial charge >= 0.3 is 0 Å². The number of carbonyl (C=O) groups is 2. The number of primary amides is 1. The number of rotatable bonds is 6. The molecular weight excluding hydrogens is 572 g/mol. The van der Waals surface area contributed by atoms with Crippen LogP contribution in [0.25, 0.3) is 22.2 Å². The quantitative estimate of drug-likeness (QED) is 0.243. The van der Waals surface area contributed by atoms with E-state index >= 15 is 0 Å². The molecule has 2 amide bonds. The maximum atomic E-state index is 14.3. The van der Waals surface area contributed by atoms with Gasteiger partial charge in [-0.1, -0.05) is 36.1 Å². The molecule has 6 rings (SSSR count). The second-order valence-corrected chi connectivity index (χ2v) is 10.4. The highest BCUT2D eigenvalue weighted by Gasteiger charge is 2.25. The Balaban J connectivity index is 1.47. The smallest absolute Gasteiger partial charge is 0.267 e. The van der Waals surface area contributed by atoms with Crippen molar-refractivity contribution < 1.29 is 9.59 Å². The Morgan fingerprint density at radius 1 is 1.00 bits per heavy atom. The molecule has 2 aromatic carbocycles. The molecule has 4 heterocycles. The molecule has 0 radical (unpaired) electrons. The molecule has 5 N–H and O–H groups in total. The van der Waals surface area contributed by atoms with Crippen molar-refractivity contribution in [2.75, 3.05) is 5.73 Å². The first kappa shape index (κ1) is 28.8. The standard InChI is InChI=1S/C32H28N10O3/c1-18(28(34)43)26-21(17-36-40(26)3)14-13-20-9-7-12-23-24(20)32(45)42(22-10-5-4-6-11-22)29(38-23)19(2)37-31(44)25-27(33)39-41-16-8-15-35-30(25)41/h4-12,15-19H,1-3H3,(H2,33,39)(H2,34,43)(H,37,44)/t18?,19-/m1/s1. The van der Waals surface area contributed by atoms with Gasteiger partial charge in [0, 0.05) is 25.0 Å². The lowest BCUT2D eigenvalue weighted by Crippen LogP contribution is -2.33. The Morgan fingerprint density at radius 2 is 1.76 bits per heavy atom. The molecule has 224 valence electrons. The first-order chi connectivity index (χ1) is 21.7. The highest BCUT2D eigenvalue weighted by atomic mass is 16.2. The Morgan fingerprint density at radius 3 is 2.51 bits per heavy atom. The minimum absolute atomic E-state index is 0.0236. The van der Waals surface area contributed by atoms with Gasteiger partial charge in [-0.2, -0.15) is 5.10 Å². The average molecular weight is 601 g/mol. The van der Waals surface area contributed by atoms with E-state index < -0.39 is 23.8 Å². The number of benzene rings is 2. The number of aromatic nitrogens is 7. The number of hydrogen-bond acceptors (Lipinski definition) is 8. The monoisotopic (exact) mass is 600 g/mol. The van der Waals surface area contributed by atoms with E-state index in [0.29, 0.717) is 44.9 Å². The van der Waals surface area contributed by atoms with Crippen LogP contribution in [0.3, 0.4) is 0 Å². The number of nitrogens with one attached hydrogen (secondary N) is 1. The Hall–Kier alpha value is -6.29. The lowest BCUT2D eigenvalue weighted by Gasteiger charge is -2.20. The van der Waals surface area contributed by atoms with E-state index in [1.807, 2.05) is 6.07 Å². The van der Waals surface area contributed by atoms with Crippen LogP contribution in [-0.2, 0) is 11.8 Å². The zero-order valence-electron chi connectivity index (χ0n) is 24.6. The number of nitrogens with zero attached hydrogens (tertiary/aromatic N) is 7. The third kappa shape index (κ3) is 5.14. The predicted octanol–water partition coefficient (Wildman–Crippen LogP) is 2.22. The van der Waals surface area contributed by atoms with Crippen molar-refractivity contribution in [1.82, 2.24) is 39.2 Å². The van der Waals surface area contributed by atoms with Gasteiger partial charge in [0.1, 0.15) is 11.4 Å². The first-order valence-corrected chi connectivity index (χ1v) is 14.0. The molecule has 0 saturated heterocycles. The summed E-state index contributed by atoms with van der Waals surface area (Å²) in [6.45, 7) is 3.42. The number of para-hydroxylation sites is 1. The fourth-order valence-corrected chi connectivity index (χ4v) is 5.25. The fourth-order valence-electron chi connectivity index (χ4n) is 5.25. The lowest BCUT2D eigenvalue weighted by molar-refractivity contribution is -0.119. The highest BCUT2D eigenvalue weighted by Crippen LogP contribution is 2.23. The maximum absolute atomic E-state index is 14.3. The van der Waals surface area contributed by atoms with Gasteiger partial charge in [0.15, 0.2) is 11.5 Å². The number of anilines is 1. The van der Waals surface area contributed by atoms with Gasteiger partial charge in [-0.15, -0.1) is 5.10 Å². The van der Waals surface area contributed by atoms with E-state index in [-0.39, 0.29) is 16.9 Å². The minimum Gasteiger partial charge on any atom is -0.381 e. The molecule has 4 aromatic heterocycles. The predicted molar refractivity (Wildman–Crippen MR) is 167 cm³/mol. The van der Waals surface area contributed by atoms with Crippen LogP contribution in [0.2, 0.25) is 0 Å². The number of fused-ring (bicyclic) bond motifs is 2. The highest BCUT2D eigenvalue weighted by molar-refractivity contribution is 6.04. The van der Waals surface area contributed by atoms with Crippen molar-refractivity contribution in [1.29, 1.82) is 0 Å². The molecule has 45 heavy (non-hydrogen) atoms. The minimum atomic E-state index is -0.740. The summed E-state index contributed by atoms with van der Waals surface area (Å²) in [5.74, 6) is 4.84. The first-order valence-electron chi connectivity index (χ1n) is 14.0. The summed E-state index contributed by atoms with van der Waals surface area (Å²) in [7, 11) is 1.71. The third-order valence-corrected chi connectivity index (χ3v) is 7.48. The normalized spacial score (nSPS) is 12.4. The largest absolute Gasteiger partial charge is 0.381 e. The van der Waals surface area contributed by atoms with Gasteiger partial charge in [-0.25, -0.2) is 14.5 Å². The summed E-state index contributed by atoms with van der Waals surface area (Å²) < 4.78 is 4.45. The SMILES string of the molecule is CC(C(N)=O)c1c(C#Cc2cccc3nc([C@@H](C)NC(=O)c4c(N)nn5cccnc45)n(-c4ccccc4)c(=O)c23)cnn1C. The van der Waals surface area contributed by atoms with E-state index in [9.17, 15) is 14.4 Å². The van der Waals surface area contributed by atoms with E-state index in [2.05, 4.69) is 32.3 Å². The molecule has 0 fully saturated rings. The molecule has 0 bridgehead atoms. The van der Waals surface area contributed by atoms with Crippen molar-refractivity contribution in [3.8, 4) is 17.5 Å². The van der Waals surface area contributed by atoms with Crippen LogP contribution in [0.5, 0.6) is 0 Å². The molecule has 13 nitrogen and oxygen atoms in total. The van der Waals surface area contributed by atoms with Gasteiger partial charge in [0.2, 0.25) is 5.91 Å². The molecule has 0 aliphatic heterocycles. The van der Waals surface area contributed by atoms with Crippen LogP contribution >= 0.6 is 0 Å². The number of aryl methyl sites for hydroxylation is 1. The van der Waals surface area contributed by atoms with Gasteiger partial charge in [0.05, 0.1) is 46.0 Å². The van der Waals surface area contributed by atoms with Crippen LogP contribution in [0.1, 0.15) is 58.8 Å². The zero-order chi connectivity index (χ0) is 31.8.